The van der Waals surface area contributed by atoms with Crippen LogP contribution in [0.3, 0.4) is 0 Å². The van der Waals surface area contributed by atoms with Gasteiger partial charge in [-0.15, -0.1) is 0 Å². The van der Waals surface area contributed by atoms with Gasteiger partial charge in [0.2, 0.25) is 0 Å². The molecule has 0 saturated carbocycles. The van der Waals surface area contributed by atoms with E-state index in [0.717, 1.165) is 26.7 Å². The normalized spacial score (nSPS) is 11.5. The standard InChI is InChI=1S/C19H18N4OS/c1-11(2)23-12(3)10-15(22-23)18(24)21-19-20-17-14-7-5-4-6-13(14)8-9-16(17)25-19/h4-11H,1-3H3,(H,20,21,24). The molecule has 0 fully saturated rings. The van der Waals surface area contributed by atoms with Crippen molar-refractivity contribution >= 4 is 43.4 Å². The first-order valence-electron chi connectivity index (χ1n) is 8.19. The Balaban J connectivity index is 1.67. The first kappa shape index (κ1) is 15.8. The van der Waals surface area contributed by atoms with Crippen LogP contribution in [-0.4, -0.2) is 20.7 Å². The first-order valence-corrected chi connectivity index (χ1v) is 9.00. The number of thiazole rings is 1. The number of anilines is 1. The Morgan fingerprint density at radius 3 is 2.76 bits per heavy atom. The van der Waals surface area contributed by atoms with Gasteiger partial charge < -0.3 is 0 Å². The number of aromatic nitrogens is 3. The zero-order chi connectivity index (χ0) is 17.6. The maximum Gasteiger partial charge on any atom is 0.277 e. The molecule has 4 aromatic rings. The molecule has 0 atom stereocenters. The fourth-order valence-electron chi connectivity index (χ4n) is 3.00. The van der Waals surface area contributed by atoms with Crippen molar-refractivity contribution in [2.45, 2.75) is 26.8 Å². The predicted molar refractivity (Wildman–Crippen MR) is 102 cm³/mol. The maximum absolute atomic E-state index is 12.5. The average Bonchev–Trinajstić information content (AvgIpc) is 3.18. The van der Waals surface area contributed by atoms with Crippen LogP contribution in [0.2, 0.25) is 0 Å². The summed E-state index contributed by atoms with van der Waals surface area (Å²) in [6.45, 7) is 6.04. The van der Waals surface area contributed by atoms with Crippen LogP contribution in [0.4, 0.5) is 5.13 Å². The van der Waals surface area contributed by atoms with Gasteiger partial charge in [0.15, 0.2) is 10.8 Å². The molecule has 0 bridgehead atoms. The van der Waals surface area contributed by atoms with E-state index >= 15 is 0 Å². The van der Waals surface area contributed by atoms with Crippen molar-refractivity contribution in [3.8, 4) is 0 Å². The zero-order valence-electron chi connectivity index (χ0n) is 14.3. The van der Waals surface area contributed by atoms with Crippen LogP contribution in [0.25, 0.3) is 21.0 Å². The summed E-state index contributed by atoms with van der Waals surface area (Å²) in [4.78, 5) is 17.1. The van der Waals surface area contributed by atoms with Crippen LogP contribution in [0, 0.1) is 6.92 Å². The van der Waals surface area contributed by atoms with Crippen molar-refractivity contribution in [1.29, 1.82) is 0 Å². The molecule has 0 radical (unpaired) electrons. The van der Waals surface area contributed by atoms with Crippen molar-refractivity contribution < 1.29 is 4.79 Å². The summed E-state index contributed by atoms with van der Waals surface area (Å²) >= 11 is 1.47. The van der Waals surface area contributed by atoms with E-state index in [1.807, 2.05) is 43.7 Å². The van der Waals surface area contributed by atoms with Crippen LogP contribution in [0.1, 0.15) is 36.1 Å². The van der Waals surface area contributed by atoms with Gasteiger partial charge in [-0.3, -0.25) is 14.8 Å². The minimum Gasteiger partial charge on any atom is -0.296 e. The summed E-state index contributed by atoms with van der Waals surface area (Å²) in [6, 6.07) is 14.3. The molecular weight excluding hydrogens is 332 g/mol. The highest BCUT2D eigenvalue weighted by atomic mass is 32.1. The van der Waals surface area contributed by atoms with Crippen LogP contribution in [0.15, 0.2) is 42.5 Å². The second kappa shape index (κ2) is 5.97. The quantitative estimate of drug-likeness (QED) is 0.578. The molecule has 5 nitrogen and oxygen atoms in total. The minimum atomic E-state index is -0.231. The summed E-state index contributed by atoms with van der Waals surface area (Å²) in [5.74, 6) is -0.231. The van der Waals surface area contributed by atoms with E-state index in [4.69, 9.17) is 0 Å². The number of aryl methyl sites for hydroxylation is 1. The monoisotopic (exact) mass is 350 g/mol. The fourth-order valence-corrected chi connectivity index (χ4v) is 3.87. The highest BCUT2D eigenvalue weighted by molar-refractivity contribution is 7.22. The SMILES string of the molecule is Cc1cc(C(=O)Nc2nc3c(ccc4ccccc43)s2)nn1C(C)C. The van der Waals surface area contributed by atoms with E-state index in [2.05, 4.69) is 33.6 Å². The zero-order valence-corrected chi connectivity index (χ0v) is 15.1. The van der Waals surface area contributed by atoms with Gasteiger partial charge in [0.1, 0.15) is 0 Å². The highest BCUT2D eigenvalue weighted by Gasteiger charge is 2.16. The van der Waals surface area contributed by atoms with E-state index in [9.17, 15) is 4.79 Å². The van der Waals surface area contributed by atoms with Crippen molar-refractivity contribution in [3.63, 3.8) is 0 Å². The number of benzene rings is 2. The van der Waals surface area contributed by atoms with Crippen LogP contribution >= 0.6 is 11.3 Å². The largest absolute Gasteiger partial charge is 0.296 e. The maximum atomic E-state index is 12.5. The first-order chi connectivity index (χ1) is 12.0. The molecule has 0 aliphatic carbocycles. The minimum absolute atomic E-state index is 0.218. The Morgan fingerprint density at radius 1 is 1.20 bits per heavy atom. The average molecular weight is 350 g/mol. The number of amides is 1. The van der Waals surface area contributed by atoms with Crippen molar-refractivity contribution in [2.75, 3.05) is 5.32 Å². The van der Waals surface area contributed by atoms with Crippen molar-refractivity contribution in [2.24, 2.45) is 0 Å². The number of nitrogens with one attached hydrogen (secondary N) is 1. The third-order valence-electron chi connectivity index (χ3n) is 4.15. The molecule has 1 N–H and O–H groups in total. The van der Waals surface area contributed by atoms with Crippen LogP contribution in [0.5, 0.6) is 0 Å². The van der Waals surface area contributed by atoms with Crippen molar-refractivity contribution in [1.82, 2.24) is 14.8 Å². The Morgan fingerprint density at radius 2 is 2.00 bits per heavy atom. The van der Waals surface area contributed by atoms with Gasteiger partial charge in [0.05, 0.1) is 10.2 Å². The van der Waals surface area contributed by atoms with Gasteiger partial charge >= 0.3 is 0 Å². The van der Waals surface area contributed by atoms with Crippen molar-refractivity contribution in [3.05, 3.63) is 53.9 Å². The Labute approximate surface area is 149 Å². The Bertz CT molecular complexity index is 1090. The second-order valence-corrected chi connectivity index (χ2v) is 7.35. The molecule has 1 amide bonds. The summed E-state index contributed by atoms with van der Waals surface area (Å²) in [7, 11) is 0. The summed E-state index contributed by atoms with van der Waals surface area (Å²) < 4.78 is 2.90. The van der Waals surface area contributed by atoms with Gasteiger partial charge in [-0.2, -0.15) is 5.10 Å². The molecular formula is C19H18N4OS. The molecule has 2 aromatic carbocycles. The van der Waals surface area contributed by atoms with Gasteiger partial charge in [-0.05, 0) is 38.3 Å². The number of nitrogens with zero attached hydrogens (tertiary/aromatic N) is 3. The lowest BCUT2D eigenvalue weighted by molar-refractivity contribution is 0.102. The molecule has 4 rings (SSSR count). The topological polar surface area (TPSA) is 59.8 Å². The highest BCUT2D eigenvalue weighted by Crippen LogP contribution is 2.31. The fraction of sp³-hybridized carbons (Fsp3) is 0.211. The molecule has 6 heteroatoms. The summed E-state index contributed by atoms with van der Waals surface area (Å²) in [6.07, 6.45) is 0. The molecule has 0 spiro atoms. The molecule has 2 aromatic heterocycles. The lowest BCUT2D eigenvalue weighted by atomic mass is 10.1. The van der Waals surface area contributed by atoms with Crippen LogP contribution < -0.4 is 5.32 Å². The number of rotatable bonds is 3. The predicted octanol–water partition coefficient (Wildman–Crippen LogP) is 4.79. The van der Waals surface area contributed by atoms with E-state index in [1.165, 1.54) is 11.3 Å². The molecule has 25 heavy (non-hydrogen) atoms. The number of hydrogen-bond acceptors (Lipinski definition) is 4. The van der Waals surface area contributed by atoms with Gasteiger partial charge in [-0.25, -0.2) is 4.98 Å². The lowest BCUT2D eigenvalue weighted by Gasteiger charge is -2.06. The van der Waals surface area contributed by atoms with Gasteiger partial charge in [0, 0.05) is 17.1 Å². The smallest absolute Gasteiger partial charge is 0.277 e. The lowest BCUT2D eigenvalue weighted by Crippen LogP contribution is -2.13. The van der Waals surface area contributed by atoms with E-state index < -0.39 is 0 Å². The van der Waals surface area contributed by atoms with E-state index in [0.29, 0.717) is 10.8 Å². The van der Waals surface area contributed by atoms with Gasteiger partial charge in [-0.1, -0.05) is 41.7 Å². The van der Waals surface area contributed by atoms with Crippen LogP contribution in [-0.2, 0) is 0 Å². The summed E-state index contributed by atoms with van der Waals surface area (Å²) in [5.41, 5.74) is 2.30. The van der Waals surface area contributed by atoms with E-state index in [-0.39, 0.29) is 11.9 Å². The molecule has 0 aliphatic rings. The number of hydrogen-bond donors (Lipinski definition) is 1. The number of carbonyl (C=O) groups excluding carboxylic acids is 1. The third-order valence-corrected chi connectivity index (χ3v) is 5.08. The molecule has 2 heterocycles. The molecule has 0 saturated heterocycles. The number of carbonyl (C=O) groups is 1. The Hall–Kier alpha value is -2.73. The molecule has 0 unspecified atom stereocenters. The summed E-state index contributed by atoms with van der Waals surface area (Å²) in [5, 5.41) is 10.1. The Kier molecular flexibility index (Phi) is 3.77. The molecule has 126 valence electrons. The van der Waals surface area contributed by atoms with E-state index in [1.54, 1.807) is 6.07 Å². The molecule has 0 aliphatic heterocycles. The van der Waals surface area contributed by atoms with Gasteiger partial charge in [0.25, 0.3) is 5.91 Å². The third kappa shape index (κ3) is 2.78. The second-order valence-electron chi connectivity index (χ2n) is 6.32. The number of fused-ring (bicyclic) bond motifs is 3.